The molecule has 0 radical (unpaired) electrons. The van der Waals surface area contributed by atoms with Crippen molar-refractivity contribution in [2.24, 2.45) is 11.3 Å². The maximum Gasteiger partial charge on any atom is 0.133 e. The molecule has 0 fully saturated rings. The van der Waals surface area contributed by atoms with Gasteiger partial charge in [-0.2, -0.15) is 0 Å². The summed E-state index contributed by atoms with van der Waals surface area (Å²) in [5, 5.41) is 0. The second-order valence-corrected chi connectivity index (χ2v) is 5.90. The third kappa shape index (κ3) is 8.65. The number of carbonyl (C=O) groups is 1. The van der Waals surface area contributed by atoms with Gasteiger partial charge in [0, 0.05) is 12.8 Å². The van der Waals surface area contributed by atoms with Crippen molar-refractivity contribution in [2.75, 3.05) is 0 Å². The summed E-state index contributed by atoms with van der Waals surface area (Å²) in [6.07, 6.45) is 6.41. The molecule has 1 nitrogen and oxygen atoms in total. The molecule has 0 spiro atoms. The molecule has 0 aliphatic rings. The van der Waals surface area contributed by atoms with Gasteiger partial charge in [0.25, 0.3) is 0 Å². The molecule has 1 unspecified atom stereocenters. The van der Waals surface area contributed by atoms with Crippen LogP contribution in [-0.4, -0.2) is 5.78 Å². The van der Waals surface area contributed by atoms with Crippen molar-refractivity contribution in [3.63, 3.8) is 0 Å². The van der Waals surface area contributed by atoms with Gasteiger partial charge in [-0.05, 0) is 11.3 Å². The van der Waals surface area contributed by atoms with Crippen LogP contribution in [-0.2, 0) is 4.79 Å². The second-order valence-electron chi connectivity index (χ2n) is 5.90. The number of rotatable bonds is 7. The summed E-state index contributed by atoms with van der Waals surface area (Å²) in [6, 6.07) is 0. The molecule has 0 amide bonds. The van der Waals surface area contributed by atoms with Gasteiger partial charge in [-0.1, -0.05) is 60.3 Å². The zero-order chi connectivity index (χ0) is 11.9. The number of ketones is 1. The van der Waals surface area contributed by atoms with Crippen molar-refractivity contribution in [3.05, 3.63) is 0 Å². The molecule has 0 aliphatic heterocycles. The Morgan fingerprint density at radius 2 is 1.80 bits per heavy atom. The van der Waals surface area contributed by atoms with Gasteiger partial charge < -0.3 is 0 Å². The molecule has 0 aromatic rings. The van der Waals surface area contributed by atoms with Crippen molar-refractivity contribution in [3.8, 4) is 0 Å². The van der Waals surface area contributed by atoms with E-state index in [0.717, 1.165) is 19.3 Å². The van der Waals surface area contributed by atoms with E-state index in [1.807, 2.05) is 0 Å². The summed E-state index contributed by atoms with van der Waals surface area (Å²) in [7, 11) is 0. The first-order chi connectivity index (χ1) is 6.89. The molecule has 0 saturated carbocycles. The van der Waals surface area contributed by atoms with Gasteiger partial charge in [-0.25, -0.2) is 0 Å². The monoisotopic (exact) mass is 212 g/mol. The smallest absolute Gasteiger partial charge is 0.133 e. The van der Waals surface area contributed by atoms with E-state index in [-0.39, 0.29) is 5.41 Å². The minimum absolute atomic E-state index is 0.153. The van der Waals surface area contributed by atoms with Crippen LogP contribution in [0.15, 0.2) is 0 Å². The number of Topliss-reactive ketones (excluding diaryl/α,β-unsaturated/α-hetero) is 1. The molecular formula is C14H28O. The summed E-state index contributed by atoms with van der Waals surface area (Å²) in [4.78, 5) is 11.8. The van der Waals surface area contributed by atoms with Crippen LogP contribution >= 0.6 is 0 Å². The molecule has 15 heavy (non-hydrogen) atoms. The summed E-state index contributed by atoms with van der Waals surface area (Å²) < 4.78 is 0. The van der Waals surface area contributed by atoms with E-state index < -0.39 is 0 Å². The second kappa shape index (κ2) is 7.03. The molecule has 0 aromatic heterocycles. The zero-order valence-corrected chi connectivity index (χ0v) is 11.2. The van der Waals surface area contributed by atoms with Crippen LogP contribution in [0.3, 0.4) is 0 Å². The van der Waals surface area contributed by atoms with Crippen LogP contribution in [0.4, 0.5) is 0 Å². The lowest BCUT2D eigenvalue weighted by Crippen LogP contribution is -2.16. The molecule has 0 aromatic carbocycles. The van der Waals surface area contributed by atoms with Gasteiger partial charge >= 0.3 is 0 Å². The number of hydrogen-bond acceptors (Lipinski definition) is 1. The third-order valence-electron chi connectivity index (χ3n) is 2.79. The average Bonchev–Trinajstić information content (AvgIpc) is 2.09. The number of hydrogen-bond donors (Lipinski definition) is 0. The van der Waals surface area contributed by atoms with E-state index in [2.05, 4.69) is 34.6 Å². The van der Waals surface area contributed by atoms with E-state index >= 15 is 0 Å². The summed E-state index contributed by atoms with van der Waals surface area (Å²) in [5.74, 6) is 1.07. The lowest BCUT2D eigenvalue weighted by molar-refractivity contribution is -0.121. The lowest BCUT2D eigenvalue weighted by Gasteiger charge is -2.19. The maximum absolute atomic E-state index is 11.8. The van der Waals surface area contributed by atoms with E-state index in [0.29, 0.717) is 11.7 Å². The van der Waals surface area contributed by atoms with Gasteiger partial charge in [-0.15, -0.1) is 0 Å². The van der Waals surface area contributed by atoms with Crippen molar-refractivity contribution in [1.82, 2.24) is 0 Å². The molecule has 0 heterocycles. The molecule has 0 saturated heterocycles. The van der Waals surface area contributed by atoms with Crippen LogP contribution in [0.5, 0.6) is 0 Å². The van der Waals surface area contributed by atoms with Crippen molar-refractivity contribution in [2.45, 2.75) is 73.1 Å². The Morgan fingerprint density at radius 3 is 2.20 bits per heavy atom. The van der Waals surface area contributed by atoms with Gasteiger partial charge in [-0.3, -0.25) is 4.79 Å². The van der Waals surface area contributed by atoms with Gasteiger partial charge in [0.2, 0.25) is 0 Å². The van der Waals surface area contributed by atoms with Crippen LogP contribution in [0.1, 0.15) is 73.1 Å². The quantitative estimate of drug-likeness (QED) is 0.603. The first-order valence-electron chi connectivity index (χ1n) is 6.40. The standard InChI is InChI=1S/C14H28O/c1-6-8-9-12(7-2)10-13(15)11-14(3,4)5/h12H,6-11H2,1-5H3. The Labute approximate surface area is 95.6 Å². The maximum atomic E-state index is 11.8. The van der Waals surface area contributed by atoms with Crippen molar-refractivity contribution in [1.29, 1.82) is 0 Å². The molecule has 0 bridgehead atoms. The largest absolute Gasteiger partial charge is 0.300 e. The van der Waals surface area contributed by atoms with Crippen LogP contribution in [0, 0.1) is 11.3 Å². The van der Waals surface area contributed by atoms with Gasteiger partial charge in [0.15, 0.2) is 0 Å². The van der Waals surface area contributed by atoms with Crippen LogP contribution < -0.4 is 0 Å². The fraction of sp³-hybridized carbons (Fsp3) is 0.929. The molecule has 1 heteroatoms. The molecular weight excluding hydrogens is 184 g/mol. The van der Waals surface area contributed by atoms with Crippen LogP contribution in [0.25, 0.3) is 0 Å². The molecule has 0 N–H and O–H groups in total. The van der Waals surface area contributed by atoms with E-state index in [1.54, 1.807) is 0 Å². The topological polar surface area (TPSA) is 17.1 Å². The first kappa shape index (κ1) is 14.7. The summed E-state index contributed by atoms with van der Waals surface area (Å²) in [5.41, 5.74) is 0.153. The number of carbonyl (C=O) groups excluding carboxylic acids is 1. The Hall–Kier alpha value is -0.330. The highest BCUT2D eigenvalue weighted by molar-refractivity contribution is 5.79. The third-order valence-corrected chi connectivity index (χ3v) is 2.79. The zero-order valence-electron chi connectivity index (χ0n) is 11.2. The lowest BCUT2D eigenvalue weighted by atomic mass is 9.85. The molecule has 1 atom stereocenters. The van der Waals surface area contributed by atoms with E-state index in [4.69, 9.17) is 0 Å². The minimum atomic E-state index is 0.153. The Morgan fingerprint density at radius 1 is 1.20 bits per heavy atom. The first-order valence-corrected chi connectivity index (χ1v) is 6.40. The Kier molecular flexibility index (Phi) is 6.87. The SMILES string of the molecule is CCCCC(CC)CC(=O)CC(C)(C)C. The fourth-order valence-electron chi connectivity index (χ4n) is 1.93. The number of unbranched alkanes of at least 4 members (excludes halogenated alkanes) is 1. The highest BCUT2D eigenvalue weighted by Crippen LogP contribution is 2.23. The molecule has 0 aliphatic carbocycles. The van der Waals surface area contributed by atoms with Crippen LogP contribution in [0.2, 0.25) is 0 Å². The minimum Gasteiger partial charge on any atom is -0.300 e. The normalized spacial score (nSPS) is 13.9. The Bertz CT molecular complexity index is 176. The molecule has 0 rings (SSSR count). The van der Waals surface area contributed by atoms with Gasteiger partial charge in [0.05, 0.1) is 0 Å². The predicted molar refractivity (Wildman–Crippen MR) is 67.0 cm³/mol. The van der Waals surface area contributed by atoms with E-state index in [1.165, 1.54) is 19.3 Å². The molecule has 90 valence electrons. The predicted octanol–water partition coefficient (Wildman–Crippen LogP) is 4.60. The highest BCUT2D eigenvalue weighted by atomic mass is 16.1. The van der Waals surface area contributed by atoms with Gasteiger partial charge in [0.1, 0.15) is 5.78 Å². The fourth-order valence-corrected chi connectivity index (χ4v) is 1.93. The van der Waals surface area contributed by atoms with E-state index in [9.17, 15) is 4.79 Å². The van der Waals surface area contributed by atoms with Crippen molar-refractivity contribution < 1.29 is 4.79 Å². The highest BCUT2D eigenvalue weighted by Gasteiger charge is 2.18. The summed E-state index contributed by atoms with van der Waals surface area (Å²) >= 11 is 0. The Balaban J connectivity index is 3.91. The van der Waals surface area contributed by atoms with Crippen molar-refractivity contribution >= 4 is 5.78 Å². The average molecular weight is 212 g/mol. The summed E-state index contributed by atoms with van der Waals surface area (Å²) in [6.45, 7) is 10.8.